The molecule has 0 spiro atoms. The van der Waals surface area contributed by atoms with E-state index in [1.807, 2.05) is 11.0 Å². The van der Waals surface area contributed by atoms with Crippen molar-refractivity contribution in [3.05, 3.63) is 35.1 Å². The summed E-state index contributed by atoms with van der Waals surface area (Å²) in [4.78, 5) is 14.0. The molecule has 1 fully saturated rings. The van der Waals surface area contributed by atoms with Crippen molar-refractivity contribution in [3.8, 4) is 0 Å². The fourth-order valence-electron chi connectivity index (χ4n) is 2.57. The van der Waals surface area contributed by atoms with E-state index in [9.17, 15) is 9.18 Å². The summed E-state index contributed by atoms with van der Waals surface area (Å²) in [7, 11) is 0. The van der Waals surface area contributed by atoms with Gasteiger partial charge in [-0.15, -0.1) is 0 Å². The Hall–Kier alpha value is -1.38. The molecule has 3 heteroatoms. The lowest BCUT2D eigenvalue weighted by Crippen LogP contribution is -2.43. The number of halogens is 1. The summed E-state index contributed by atoms with van der Waals surface area (Å²) in [6.45, 7) is 2.65. The summed E-state index contributed by atoms with van der Waals surface area (Å²) in [5.74, 6) is 0.289. The van der Waals surface area contributed by atoms with E-state index in [0.29, 0.717) is 6.54 Å². The Morgan fingerprint density at radius 1 is 1.35 bits per heavy atom. The van der Waals surface area contributed by atoms with Crippen molar-refractivity contribution < 1.29 is 9.18 Å². The molecule has 1 saturated carbocycles. The Balaban J connectivity index is 1.87. The zero-order chi connectivity index (χ0) is 12.0. The maximum atomic E-state index is 13.2. The Labute approximate surface area is 100 Å². The predicted molar refractivity (Wildman–Crippen MR) is 62.8 cm³/mol. The highest BCUT2D eigenvalue weighted by molar-refractivity contribution is 5.81. The van der Waals surface area contributed by atoms with E-state index in [-0.39, 0.29) is 23.7 Å². The van der Waals surface area contributed by atoms with E-state index in [1.54, 1.807) is 6.07 Å². The van der Waals surface area contributed by atoms with Gasteiger partial charge in [0.25, 0.3) is 0 Å². The second kappa shape index (κ2) is 3.83. The van der Waals surface area contributed by atoms with Crippen LogP contribution < -0.4 is 0 Å². The second-order valence-electron chi connectivity index (χ2n) is 5.21. The van der Waals surface area contributed by atoms with Crippen LogP contribution in [-0.2, 0) is 17.8 Å². The van der Waals surface area contributed by atoms with E-state index in [1.165, 1.54) is 11.6 Å². The van der Waals surface area contributed by atoms with E-state index in [0.717, 1.165) is 24.8 Å². The minimum absolute atomic E-state index is 0.211. The van der Waals surface area contributed by atoms with Gasteiger partial charge in [0.15, 0.2) is 0 Å². The second-order valence-corrected chi connectivity index (χ2v) is 5.21. The quantitative estimate of drug-likeness (QED) is 0.730. The van der Waals surface area contributed by atoms with Crippen molar-refractivity contribution in [3.63, 3.8) is 0 Å². The molecule has 1 amide bonds. The molecular formula is C14H16FNO. The van der Waals surface area contributed by atoms with Crippen LogP contribution in [0.2, 0.25) is 0 Å². The summed E-state index contributed by atoms with van der Waals surface area (Å²) < 4.78 is 13.2. The number of carbonyl (C=O) groups excluding carboxylic acids is 1. The molecule has 1 atom stereocenters. The molecule has 90 valence electrons. The number of hydrogen-bond acceptors (Lipinski definition) is 1. The molecule has 3 rings (SSSR count). The molecule has 2 nitrogen and oxygen atoms in total. The normalized spacial score (nSPS) is 23.4. The third-order valence-electron chi connectivity index (χ3n) is 3.77. The Morgan fingerprint density at radius 3 is 2.82 bits per heavy atom. The number of rotatable bonds is 1. The molecule has 0 unspecified atom stereocenters. The lowest BCUT2D eigenvalue weighted by atomic mass is 9.94. The molecule has 1 aromatic rings. The lowest BCUT2D eigenvalue weighted by molar-refractivity contribution is -0.135. The van der Waals surface area contributed by atoms with Gasteiger partial charge in [0.1, 0.15) is 5.82 Å². The van der Waals surface area contributed by atoms with Gasteiger partial charge in [0.2, 0.25) is 5.91 Å². The first-order chi connectivity index (χ1) is 8.15. The molecule has 1 aliphatic heterocycles. The summed E-state index contributed by atoms with van der Waals surface area (Å²) in [5, 5.41) is 0. The molecule has 0 saturated heterocycles. The highest BCUT2D eigenvalue weighted by atomic mass is 19.1. The van der Waals surface area contributed by atoms with Gasteiger partial charge in [0, 0.05) is 18.5 Å². The van der Waals surface area contributed by atoms with Crippen LogP contribution >= 0.6 is 0 Å². The minimum Gasteiger partial charge on any atom is -0.335 e. The summed E-state index contributed by atoms with van der Waals surface area (Å²) in [5.41, 5.74) is 2.15. The number of nitrogens with zero attached hydrogens (tertiary/aromatic N) is 1. The average molecular weight is 233 g/mol. The van der Waals surface area contributed by atoms with Crippen LogP contribution in [0.3, 0.4) is 0 Å². The van der Waals surface area contributed by atoms with Gasteiger partial charge in [-0.25, -0.2) is 4.39 Å². The number of hydrogen-bond donors (Lipinski definition) is 0. The Kier molecular flexibility index (Phi) is 2.42. The first kappa shape index (κ1) is 10.8. The Bertz CT molecular complexity index is 467. The van der Waals surface area contributed by atoms with Gasteiger partial charge < -0.3 is 4.90 Å². The van der Waals surface area contributed by atoms with E-state index >= 15 is 0 Å². The highest BCUT2D eigenvalue weighted by Crippen LogP contribution is 2.34. The number of amides is 1. The zero-order valence-corrected chi connectivity index (χ0v) is 9.95. The van der Waals surface area contributed by atoms with Crippen LogP contribution in [-0.4, -0.2) is 16.8 Å². The highest BCUT2D eigenvalue weighted by Gasteiger charge is 2.37. The van der Waals surface area contributed by atoms with Gasteiger partial charge in [-0.3, -0.25) is 4.79 Å². The molecule has 1 heterocycles. The first-order valence-corrected chi connectivity index (χ1v) is 6.23. The fourth-order valence-corrected chi connectivity index (χ4v) is 2.57. The van der Waals surface area contributed by atoms with Gasteiger partial charge in [-0.05, 0) is 49.4 Å². The van der Waals surface area contributed by atoms with E-state index in [4.69, 9.17) is 0 Å². The molecule has 0 radical (unpaired) electrons. The molecule has 2 aliphatic rings. The van der Waals surface area contributed by atoms with Gasteiger partial charge in [-0.2, -0.15) is 0 Å². The van der Waals surface area contributed by atoms with Crippen molar-refractivity contribution in [1.29, 1.82) is 0 Å². The van der Waals surface area contributed by atoms with Crippen molar-refractivity contribution in [2.24, 2.45) is 5.92 Å². The molecule has 1 aliphatic carbocycles. The topological polar surface area (TPSA) is 20.3 Å². The van der Waals surface area contributed by atoms with Gasteiger partial charge in [-0.1, -0.05) is 6.07 Å². The number of carbonyl (C=O) groups is 1. The summed E-state index contributed by atoms with van der Waals surface area (Å²) in [6.07, 6.45) is 2.89. The molecule has 0 N–H and O–H groups in total. The Morgan fingerprint density at radius 2 is 2.12 bits per heavy atom. The van der Waals surface area contributed by atoms with Crippen LogP contribution in [0.25, 0.3) is 0 Å². The standard InChI is InChI=1S/C14H16FNO/c1-9-6-11-4-5-13(15)7-12(11)8-16(9)14(17)10-2-3-10/h4-5,7,9-10H,2-3,6,8H2,1H3/t9-/m1/s1. The maximum Gasteiger partial charge on any atom is 0.226 e. The maximum absolute atomic E-state index is 13.2. The van der Waals surface area contributed by atoms with Crippen molar-refractivity contribution >= 4 is 5.91 Å². The largest absolute Gasteiger partial charge is 0.335 e. The summed E-state index contributed by atoms with van der Waals surface area (Å²) in [6, 6.07) is 5.15. The third kappa shape index (κ3) is 1.94. The molecule has 17 heavy (non-hydrogen) atoms. The van der Waals surface area contributed by atoms with Crippen LogP contribution in [0.1, 0.15) is 30.9 Å². The van der Waals surface area contributed by atoms with Crippen LogP contribution in [0.5, 0.6) is 0 Å². The lowest BCUT2D eigenvalue weighted by Gasteiger charge is -2.35. The van der Waals surface area contributed by atoms with Crippen LogP contribution in [0.15, 0.2) is 18.2 Å². The van der Waals surface area contributed by atoms with Crippen LogP contribution in [0, 0.1) is 11.7 Å². The van der Waals surface area contributed by atoms with Crippen molar-refractivity contribution in [1.82, 2.24) is 4.90 Å². The van der Waals surface area contributed by atoms with Gasteiger partial charge in [0.05, 0.1) is 0 Å². The molecule has 1 aromatic carbocycles. The number of fused-ring (bicyclic) bond motifs is 1. The monoisotopic (exact) mass is 233 g/mol. The third-order valence-corrected chi connectivity index (χ3v) is 3.77. The zero-order valence-electron chi connectivity index (χ0n) is 9.95. The smallest absolute Gasteiger partial charge is 0.226 e. The number of benzene rings is 1. The predicted octanol–water partition coefficient (Wildman–Crippen LogP) is 2.51. The van der Waals surface area contributed by atoms with E-state index in [2.05, 4.69) is 6.92 Å². The van der Waals surface area contributed by atoms with Gasteiger partial charge >= 0.3 is 0 Å². The minimum atomic E-state index is -0.211. The molecule has 0 aromatic heterocycles. The molecular weight excluding hydrogens is 217 g/mol. The van der Waals surface area contributed by atoms with Crippen LogP contribution in [0.4, 0.5) is 4.39 Å². The average Bonchev–Trinajstić information content (AvgIpc) is 3.12. The SMILES string of the molecule is C[C@@H]1Cc2ccc(F)cc2CN1C(=O)C1CC1. The van der Waals surface area contributed by atoms with E-state index < -0.39 is 0 Å². The van der Waals surface area contributed by atoms with Crippen molar-refractivity contribution in [2.75, 3.05) is 0 Å². The first-order valence-electron chi connectivity index (χ1n) is 6.23. The molecule has 0 bridgehead atoms. The fraction of sp³-hybridized carbons (Fsp3) is 0.500. The van der Waals surface area contributed by atoms with Crippen molar-refractivity contribution in [2.45, 2.75) is 38.8 Å². The summed E-state index contributed by atoms with van der Waals surface area (Å²) >= 11 is 0.